The molecule has 2 fully saturated rings. The Bertz CT molecular complexity index is 194. The van der Waals surface area contributed by atoms with Crippen molar-refractivity contribution in [3.8, 4) is 0 Å². The molecular formula is C12H20O2. The Morgan fingerprint density at radius 2 is 1.79 bits per heavy atom. The number of hydrogen-bond acceptors (Lipinski definition) is 2. The summed E-state index contributed by atoms with van der Waals surface area (Å²) in [5.41, 5.74) is 0. The van der Waals surface area contributed by atoms with Crippen LogP contribution in [-0.4, -0.2) is 19.0 Å². The summed E-state index contributed by atoms with van der Waals surface area (Å²) >= 11 is 0. The van der Waals surface area contributed by atoms with Gasteiger partial charge in [-0.05, 0) is 31.6 Å². The summed E-state index contributed by atoms with van der Waals surface area (Å²) in [6.45, 7) is 1.74. The molecule has 2 heteroatoms. The smallest absolute Gasteiger partial charge is 0.136 e. The summed E-state index contributed by atoms with van der Waals surface area (Å²) < 4.78 is 5.35. The minimum Gasteiger partial charge on any atom is -0.381 e. The first-order valence-corrected chi connectivity index (χ1v) is 5.98. The molecule has 2 nitrogen and oxygen atoms in total. The molecule has 0 amide bonds. The first-order valence-electron chi connectivity index (χ1n) is 5.98. The number of ether oxygens (including phenoxy) is 1. The molecule has 1 saturated carbocycles. The Hall–Kier alpha value is -0.370. The zero-order valence-electron chi connectivity index (χ0n) is 8.84. The third-order valence-electron chi connectivity index (χ3n) is 3.69. The van der Waals surface area contributed by atoms with Gasteiger partial charge in [-0.1, -0.05) is 12.8 Å². The molecule has 14 heavy (non-hydrogen) atoms. The second-order valence-electron chi connectivity index (χ2n) is 4.62. The molecule has 80 valence electrons. The van der Waals surface area contributed by atoms with Gasteiger partial charge in [0.05, 0.1) is 0 Å². The highest BCUT2D eigenvalue weighted by Gasteiger charge is 2.29. The third kappa shape index (κ3) is 2.35. The molecule has 1 heterocycles. The average molecular weight is 196 g/mol. The highest BCUT2D eigenvalue weighted by Crippen LogP contribution is 2.32. The van der Waals surface area contributed by atoms with E-state index in [1.807, 2.05) is 0 Å². The maximum atomic E-state index is 11.9. The second-order valence-corrected chi connectivity index (χ2v) is 4.62. The Balaban J connectivity index is 1.95. The number of hydrogen-bond donors (Lipinski definition) is 0. The minimum absolute atomic E-state index is 0.376. The lowest BCUT2D eigenvalue weighted by atomic mass is 9.81. The van der Waals surface area contributed by atoms with Gasteiger partial charge in [0.1, 0.15) is 5.78 Å². The quantitative estimate of drug-likeness (QED) is 0.602. The third-order valence-corrected chi connectivity index (χ3v) is 3.69. The van der Waals surface area contributed by atoms with Crippen molar-refractivity contribution in [2.24, 2.45) is 11.8 Å². The first kappa shape index (κ1) is 10.2. The lowest BCUT2D eigenvalue weighted by Crippen LogP contribution is -2.28. The van der Waals surface area contributed by atoms with Crippen LogP contribution in [0.5, 0.6) is 0 Å². The molecule has 0 aromatic carbocycles. The van der Waals surface area contributed by atoms with E-state index in [9.17, 15) is 4.79 Å². The number of Topliss-reactive ketones (excluding diaryl/α,β-unsaturated/α-hetero) is 1. The van der Waals surface area contributed by atoms with Crippen molar-refractivity contribution >= 4 is 5.78 Å². The molecule has 0 N–H and O–H groups in total. The van der Waals surface area contributed by atoms with Gasteiger partial charge >= 0.3 is 0 Å². The van der Waals surface area contributed by atoms with Gasteiger partial charge in [-0.3, -0.25) is 4.79 Å². The molecule has 2 aliphatic rings. The van der Waals surface area contributed by atoms with Crippen LogP contribution in [-0.2, 0) is 9.53 Å². The first-order chi connectivity index (χ1) is 6.88. The molecule has 0 aromatic heterocycles. The van der Waals surface area contributed by atoms with Crippen molar-refractivity contribution in [1.29, 1.82) is 0 Å². The zero-order chi connectivity index (χ0) is 9.80. The van der Waals surface area contributed by atoms with Gasteiger partial charge in [0.25, 0.3) is 0 Å². The van der Waals surface area contributed by atoms with E-state index >= 15 is 0 Å². The average Bonchev–Trinajstić information content (AvgIpc) is 2.44. The molecule has 1 aliphatic heterocycles. The number of carbonyl (C=O) groups is 1. The van der Waals surface area contributed by atoms with E-state index in [0.717, 1.165) is 45.3 Å². The van der Waals surface area contributed by atoms with E-state index in [0.29, 0.717) is 17.6 Å². The van der Waals surface area contributed by atoms with E-state index in [-0.39, 0.29) is 0 Å². The summed E-state index contributed by atoms with van der Waals surface area (Å²) in [7, 11) is 0. The summed E-state index contributed by atoms with van der Waals surface area (Å²) in [4.78, 5) is 11.9. The molecule has 1 atom stereocenters. The van der Waals surface area contributed by atoms with Crippen LogP contribution < -0.4 is 0 Å². The van der Waals surface area contributed by atoms with E-state index in [4.69, 9.17) is 4.74 Å². The molecule has 0 aromatic rings. The van der Waals surface area contributed by atoms with Gasteiger partial charge < -0.3 is 4.74 Å². The lowest BCUT2D eigenvalue weighted by molar-refractivity contribution is -0.125. The van der Waals surface area contributed by atoms with Gasteiger partial charge in [-0.2, -0.15) is 0 Å². The normalized spacial score (nSPS) is 31.4. The van der Waals surface area contributed by atoms with Crippen LogP contribution in [0.3, 0.4) is 0 Å². The zero-order valence-corrected chi connectivity index (χ0v) is 8.84. The fourth-order valence-corrected chi connectivity index (χ4v) is 2.80. The van der Waals surface area contributed by atoms with E-state index in [1.165, 1.54) is 12.8 Å². The highest BCUT2D eigenvalue weighted by molar-refractivity contribution is 5.81. The van der Waals surface area contributed by atoms with Gasteiger partial charge in [-0.25, -0.2) is 0 Å². The van der Waals surface area contributed by atoms with Crippen LogP contribution >= 0.6 is 0 Å². The minimum atomic E-state index is 0.376. The van der Waals surface area contributed by atoms with Crippen LogP contribution in [0, 0.1) is 11.8 Å². The maximum absolute atomic E-state index is 11.9. The fraction of sp³-hybridized carbons (Fsp3) is 0.917. The molecule has 2 rings (SSSR count). The summed E-state index contributed by atoms with van der Waals surface area (Å²) in [6.07, 6.45) is 7.83. The largest absolute Gasteiger partial charge is 0.381 e. The van der Waals surface area contributed by atoms with Crippen LogP contribution in [0.15, 0.2) is 0 Å². The Kier molecular flexibility index (Phi) is 3.57. The summed E-state index contributed by atoms with van der Waals surface area (Å²) in [5, 5.41) is 0. The summed E-state index contributed by atoms with van der Waals surface area (Å²) in [6, 6.07) is 0. The monoisotopic (exact) mass is 196 g/mol. The van der Waals surface area contributed by atoms with Crippen molar-refractivity contribution in [3.05, 3.63) is 0 Å². The van der Waals surface area contributed by atoms with Crippen molar-refractivity contribution in [3.63, 3.8) is 0 Å². The standard InChI is InChI=1S/C12H20O2/c13-12-5-3-1-2-4-11(12)10-6-8-14-9-7-10/h10-11H,1-9H2. The van der Waals surface area contributed by atoms with Crippen molar-refractivity contribution in [2.75, 3.05) is 13.2 Å². The van der Waals surface area contributed by atoms with Crippen LogP contribution in [0.4, 0.5) is 0 Å². The van der Waals surface area contributed by atoms with Gasteiger partial charge in [0, 0.05) is 25.6 Å². The second kappa shape index (κ2) is 4.92. The number of ketones is 1. The topological polar surface area (TPSA) is 26.3 Å². The predicted octanol–water partition coefficient (Wildman–Crippen LogP) is 2.56. The van der Waals surface area contributed by atoms with Gasteiger partial charge in [-0.15, -0.1) is 0 Å². The molecule has 0 radical (unpaired) electrons. The molecular weight excluding hydrogens is 176 g/mol. The maximum Gasteiger partial charge on any atom is 0.136 e. The van der Waals surface area contributed by atoms with E-state index < -0.39 is 0 Å². The Labute approximate surface area is 86.0 Å². The molecule has 1 saturated heterocycles. The van der Waals surface area contributed by atoms with Crippen LogP contribution in [0.2, 0.25) is 0 Å². The molecule has 1 aliphatic carbocycles. The number of carbonyl (C=O) groups excluding carboxylic acids is 1. The number of rotatable bonds is 1. The lowest BCUT2D eigenvalue weighted by Gasteiger charge is -2.28. The van der Waals surface area contributed by atoms with E-state index in [1.54, 1.807) is 0 Å². The Morgan fingerprint density at radius 3 is 2.57 bits per heavy atom. The van der Waals surface area contributed by atoms with Crippen molar-refractivity contribution in [1.82, 2.24) is 0 Å². The fourth-order valence-electron chi connectivity index (χ4n) is 2.80. The van der Waals surface area contributed by atoms with Gasteiger partial charge in [0.2, 0.25) is 0 Å². The van der Waals surface area contributed by atoms with Crippen molar-refractivity contribution in [2.45, 2.75) is 44.9 Å². The SMILES string of the molecule is O=C1CCCCCC1C1CCOCC1. The van der Waals surface area contributed by atoms with Crippen molar-refractivity contribution < 1.29 is 9.53 Å². The molecule has 1 unspecified atom stereocenters. The molecule has 0 bridgehead atoms. The predicted molar refractivity (Wildman–Crippen MR) is 55.1 cm³/mol. The van der Waals surface area contributed by atoms with Crippen LogP contribution in [0.1, 0.15) is 44.9 Å². The highest BCUT2D eigenvalue weighted by atomic mass is 16.5. The van der Waals surface area contributed by atoms with Crippen LogP contribution in [0.25, 0.3) is 0 Å². The molecule has 0 spiro atoms. The van der Waals surface area contributed by atoms with Gasteiger partial charge in [0.15, 0.2) is 0 Å². The van der Waals surface area contributed by atoms with E-state index in [2.05, 4.69) is 0 Å². The Morgan fingerprint density at radius 1 is 1.00 bits per heavy atom. The summed E-state index contributed by atoms with van der Waals surface area (Å²) in [5.74, 6) is 1.55.